The van der Waals surface area contributed by atoms with Crippen LogP contribution in [0.4, 0.5) is 0 Å². The zero-order valence-corrected chi connectivity index (χ0v) is 8.88. The first-order valence-electron chi connectivity index (χ1n) is 4.23. The van der Waals surface area contributed by atoms with Gasteiger partial charge in [0.15, 0.2) is 0 Å². The largest absolute Gasteiger partial charge is 0.0951 e. The molecule has 0 aromatic heterocycles. The van der Waals surface area contributed by atoms with Crippen molar-refractivity contribution in [3.05, 3.63) is 53.4 Å². The first kappa shape index (κ1) is 8.99. The smallest absolute Gasteiger partial charge is 0.00340 e. The third-order valence-corrected chi connectivity index (χ3v) is 3.52. The van der Waals surface area contributed by atoms with E-state index in [1.807, 2.05) is 6.07 Å². The molecule has 0 fully saturated rings. The van der Waals surface area contributed by atoms with E-state index in [0.29, 0.717) is 7.93 Å². The fourth-order valence-electron chi connectivity index (χ4n) is 1.48. The summed E-state index contributed by atoms with van der Waals surface area (Å²) in [5, 5.41) is 1.35. The van der Waals surface area contributed by atoms with Gasteiger partial charge in [0.05, 0.1) is 0 Å². The zero-order chi connectivity index (χ0) is 9.10. The van der Waals surface area contributed by atoms with Gasteiger partial charge in [-0.05, 0) is 22.9 Å². The first-order valence-corrected chi connectivity index (χ1v) is 6.25. The number of allylic oxidation sites excluding steroid dienone is 4. The molecule has 0 heterocycles. The van der Waals surface area contributed by atoms with E-state index in [1.165, 1.54) is 16.5 Å². The Morgan fingerprint density at radius 2 is 1.92 bits per heavy atom. The van der Waals surface area contributed by atoms with Crippen LogP contribution < -0.4 is 0 Å². The number of hydrogen-bond donors (Lipinski definition) is 0. The molecule has 0 amide bonds. The summed E-state index contributed by atoms with van der Waals surface area (Å²) in [6.45, 7) is 0. The predicted molar refractivity (Wildman–Crippen MR) is 61.3 cm³/mol. The maximum Gasteiger partial charge on any atom is 0.00340 e. The van der Waals surface area contributed by atoms with Gasteiger partial charge in [-0.3, -0.25) is 0 Å². The minimum absolute atomic E-state index is 0.407. The highest BCUT2D eigenvalue weighted by atomic mass is 35.7. The van der Waals surface area contributed by atoms with Crippen molar-refractivity contribution in [3.63, 3.8) is 0 Å². The van der Waals surface area contributed by atoms with Crippen LogP contribution in [-0.2, 0) is 0 Å². The van der Waals surface area contributed by atoms with Gasteiger partial charge in [0.25, 0.3) is 0 Å². The lowest BCUT2D eigenvalue weighted by Crippen LogP contribution is -1.78. The Morgan fingerprint density at radius 1 is 1.15 bits per heavy atom. The molecule has 0 spiro atoms. The van der Waals surface area contributed by atoms with E-state index < -0.39 is 0 Å². The van der Waals surface area contributed by atoms with Crippen LogP contribution in [-0.4, -0.2) is 0 Å². The number of benzene rings is 1. The molecule has 0 bridgehead atoms. The topological polar surface area (TPSA) is 0 Å². The van der Waals surface area contributed by atoms with E-state index >= 15 is 0 Å². The molecule has 2 rings (SSSR count). The van der Waals surface area contributed by atoms with Gasteiger partial charge in [0.2, 0.25) is 0 Å². The van der Waals surface area contributed by atoms with Gasteiger partial charge in [0.1, 0.15) is 0 Å². The minimum atomic E-state index is 0.407. The average Bonchev–Trinajstić information content (AvgIpc) is 2.67. The first-order chi connectivity index (χ1) is 6.42. The average molecular weight is 209 g/mol. The zero-order valence-electron chi connectivity index (χ0n) is 7.13. The third kappa shape index (κ3) is 1.85. The molecule has 1 atom stereocenters. The second-order valence-corrected chi connectivity index (χ2v) is 4.32. The van der Waals surface area contributed by atoms with Crippen molar-refractivity contribution in [2.45, 2.75) is 6.42 Å². The highest BCUT2D eigenvalue weighted by molar-refractivity contribution is 7.72. The summed E-state index contributed by atoms with van der Waals surface area (Å²) < 4.78 is 0. The summed E-state index contributed by atoms with van der Waals surface area (Å²) in [7, 11) is 0.407. The molecule has 66 valence electrons. The Hall–Kier alpha value is -0.580. The summed E-state index contributed by atoms with van der Waals surface area (Å²) in [6.07, 6.45) is 5.36. The molecule has 1 aromatic carbocycles. The van der Waals surface area contributed by atoms with Crippen LogP contribution in [0, 0.1) is 0 Å². The molecule has 0 nitrogen and oxygen atoms in total. The molecule has 1 aromatic rings. The van der Waals surface area contributed by atoms with Crippen LogP contribution in [0.25, 0.3) is 5.57 Å². The summed E-state index contributed by atoms with van der Waals surface area (Å²) >= 11 is 5.88. The molecular weight excluding hydrogens is 199 g/mol. The van der Waals surface area contributed by atoms with Gasteiger partial charge in [-0.2, -0.15) is 0 Å². The molecule has 0 saturated heterocycles. The number of halogens is 1. The van der Waals surface area contributed by atoms with Crippen LogP contribution in [0.3, 0.4) is 0 Å². The van der Waals surface area contributed by atoms with Crippen molar-refractivity contribution < 1.29 is 0 Å². The molecule has 0 saturated carbocycles. The lowest BCUT2D eigenvalue weighted by molar-refractivity contribution is 1.41. The molecule has 1 unspecified atom stereocenters. The summed E-state index contributed by atoms with van der Waals surface area (Å²) in [5.41, 5.74) is 2.59. The second-order valence-electron chi connectivity index (χ2n) is 2.96. The standard InChI is InChI=1S/C11H10ClP/c12-13-11-8-4-7-10(11)9-5-2-1-3-6-9/h1-7,13H,8H2. The van der Waals surface area contributed by atoms with Gasteiger partial charge in [-0.25, -0.2) is 0 Å². The molecule has 0 radical (unpaired) electrons. The van der Waals surface area contributed by atoms with Crippen LogP contribution in [0.2, 0.25) is 0 Å². The van der Waals surface area contributed by atoms with Crippen molar-refractivity contribution in [2.75, 3.05) is 0 Å². The van der Waals surface area contributed by atoms with Crippen molar-refractivity contribution in [2.24, 2.45) is 0 Å². The highest BCUT2D eigenvalue weighted by Crippen LogP contribution is 2.41. The molecular formula is C11H10ClP. The molecule has 1 aliphatic rings. The van der Waals surface area contributed by atoms with E-state index in [-0.39, 0.29) is 0 Å². The Morgan fingerprint density at radius 3 is 2.62 bits per heavy atom. The predicted octanol–water partition coefficient (Wildman–Crippen LogP) is 4.19. The summed E-state index contributed by atoms with van der Waals surface area (Å²) in [5.74, 6) is 0. The maximum absolute atomic E-state index is 5.88. The van der Waals surface area contributed by atoms with Gasteiger partial charge in [-0.1, -0.05) is 53.7 Å². The lowest BCUT2D eigenvalue weighted by Gasteiger charge is -2.03. The summed E-state index contributed by atoms with van der Waals surface area (Å²) in [6, 6.07) is 10.4. The van der Waals surface area contributed by atoms with Gasteiger partial charge in [0, 0.05) is 7.93 Å². The molecule has 2 heteroatoms. The SMILES string of the molecule is ClPC1=C(c2ccccc2)C=CC1. The van der Waals surface area contributed by atoms with Crippen LogP contribution in [0.5, 0.6) is 0 Å². The van der Waals surface area contributed by atoms with Crippen molar-refractivity contribution in [1.82, 2.24) is 0 Å². The fraction of sp³-hybridized carbons (Fsp3) is 0.0909. The molecule has 0 aliphatic heterocycles. The number of rotatable bonds is 2. The lowest BCUT2D eigenvalue weighted by atomic mass is 10.1. The molecule has 1 aliphatic carbocycles. The number of hydrogen-bond acceptors (Lipinski definition) is 0. The maximum atomic E-state index is 5.88. The van der Waals surface area contributed by atoms with E-state index in [2.05, 4.69) is 36.4 Å². The quantitative estimate of drug-likeness (QED) is 0.640. The molecule has 0 N–H and O–H groups in total. The van der Waals surface area contributed by atoms with Crippen molar-refractivity contribution in [3.8, 4) is 0 Å². The third-order valence-electron chi connectivity index (χ3n) is 2.13. The van der Waals surface area contributed by atoms with Crippen molar-refractivity contribution in [1.29, 1.82) is 0 Å². The van der Waals surface area contributed by atoms with Crippen LogP contribution in [0.15, 0.2) is 47.8 Å². The Bertz CT molecular complexity index is 352. The van der Waals surface area contributed by atoms with E-state index in [4.69, 9.17) is 11.2 Å². The van der Waals surface area contributed by atoms with Crippen molar-refractivity contribution >= 4 is 24.7 Å². The molecule has 13 heavy (non-hydrogen) atoms. The Kier molecular flexibility index (Phi) is 2.83. The van der Waals surface area contributed by atoms with Gasteiger partial charge < -0.3 is 0 Å². The van der Waals surface area contributed by atoms with Gasteiger partial charge in [-0.15, -0.1) is 0 Å². The van der Waals surface area contributed by atoms with E-state index in [9.17, 15) is 0 Å². The van der Waals surface area contributed by atoms with E-state index in [1.54, 1.807) is 0 Å². The van der Waals surface area contributed by atoms with Gasteiger partial charge >= 0.3 is 0 Å². The Labute approximate surface area is 84.9 Å². The fourth-order valence-corrected chi connectivity index (χ4v) is 2.54. The monoisotopic (exact) mass is 208 g/mol. The van der Waals surface area contributed by atoms with Crippen LogP contribution >= 0.6 is 19.2 Å². The van der Waals surface area contributed by atoms with Crippen LogP contribution in [0.1, 0.15) is 12.0 Å². The Balaban J connectivity index is 2.41. The van der Waals surface area contributed by atoms with E-state index in [0.717, 1.165) is 6.42 Å². The minimum Gasteiger partial charge on any atom is -0.0951 e. The highest BCUT2D eigenvalue weighted by Gasteiger charge is 2.09. The second kappa shape index (κ2) is 4.09. The summed E-state index contributed by atoms with van der Waals surface area (Å²) in [4.78, 5) is 0. The normalized spacial score (nSPS) is 16.4.